The number of unbranched alkanes of at least 4 members (excludes halogenated alkanes) is 1. The van der Waals surface area contributed by atoms with Gasteiger partial charge in [0.2, 0.25) is 5.91 Å². The third-order valence-electron chi connectivity index (χ3n) is 2.79. The maximum absolute atomic E-state index is 10.7. The molecule has 96 valence electrons. The van der Waals surface area contributed by atoms with Gasteiger partial charge in [0.05, 0.1) is 11.0 Å². The van der Waals surface area contributed by atoms with Crippen molar-refractivity contribution < 1.29 is 4.79 Å². The van der Waals surface area contributed by atoms with Crippen molar-refractivity contribution >= 4 is 45.1 Å². The summed E-state index contributed by atoms with van der Waals surface area (Å²) in [7, 11) is 0. The molecule has 18 heavy (non-hydrogen) atoms. The van der Waals surface area contributed by atoms with Gasteiger partial charge in [-0.25, -0.2) is 0 Å². The number of carbonyl (C=O) groups is 1. The summed E-state index contributed by atoms with van der Waals surface area (Å²) < 4.78 is 3.79. The van der Waals surface area contributed by atoms with Crippen LogP contribution in [0.3, 0.4) is 0 Å². The number of aryl methyl sites for hydroxylation is 1. The molecule has 1 amide bonds. The molecule has 0 unspecified atom stereocenters. The molecule has 0 atom stereocenters. The first-order valence-electron chi connectivity index (χ1n) is 5.74. The third kappa shape index (κ3) is 3.00. The van der Waals surface area contributed by atoms with Crippen molar-refractivity contribution in [1.29, 1.82) is 0 Å². The van der Waals surface area contributed by atoms with Gasteiger partial charge in [0, 0.05) is 17.4 Å². The van der Waals surface area contributed by atoms with Crippen molar-refractivity contribution in [2.24, 2.45) is 5.73 Å². The van der Waals surface area contributed by atoms with Gasteiger partial charge in [0.15, 0.2) is 4.77 Å². The molecule has 3 N–H and O–H groups in total. The first-order chi connectivity index (χ1) is 8.58. The molecule has 1 aromatic carbocycles. The zero-order valence-electron chi connectivity index (χ0n) is 9.78. The van der Waals surface area contributed by atoms with E-state index in [1.165, 1.54) is 0 Å². The fourth-order valence-corrected chi connectivity index (χ4v) is 2.57. The number of rotatable bonds is 5. The molecule has 0 bridgehead atoms. The SMILES string of the molecule is NC(=O)CCCCn1c(=S)[nH]c2ccc(Br)cc21. The number of aromatic nitrogens is 2. The van der Waals surface area contributed by atoms with E-state index in [1.54, 1.807) is 0 Å². The lowest BCUT2D eigenvalue weighted by atomic mass is 10.2. The predicted molar refractivity (Wildman–Crippen MR) is 77.9 cm³/mol. The number of fused-ring (bicyclic) bond motifs is 1. The number of nitrogens with one attached hydrogen (secondary N) is 1. The van der Waals surface area contributed by atoms with Crippen LogP contribution in [0, 0.1) is 4.77 Å². The van der Waals surface area contributed by atoms with Crippen LogP contribution in [0.2, 0.25) is 0 Å². The van der Waals surface area contributed by atoms with Gasteiger partial charge >= 0.3 is 0 Å². The standard InChI is InChI=1S/C12H14BrN3OS/c13-8-4-5-9-10(7-8)16(12(18)15-9)6-2-1-3-11(14)17/h4-5,7H,1-3,6H2,(H2,14,17)(H,15,18). The molecular formula is C12H14BrN3OS. The number of amides is 1. The summed E-state index contributed by atoms with van der Waals surface area (Å²) in [5.41, 5.74) is 7.22. The molecule has 2 rings (SSSR count). The van der Waals surface area contributed by atoms with E-state index >= 15 is 0 Å². The van der Waals surface area contributed by atoms with Crippen molar-refractivity contribution in [3.05, 3.63) is 27.4 Å². The van der Waals surface area contributed by atoms with Crippen molar-refractivity contribution in [2.75, 3.05) is 0 Å². The van der Waals surface area contributed by atoms with Gasteiger partial charge < -0.3 is 15.3 Å². The van der Waals surface area contributed by atoms with Gasteiger partial charge in [-0.15, -0.1) is 0 Å². The van der Waals surface area contributed by atoms with E-state index in [1.807, 2.05) is 18.2 Å². The summed E-state index contributed by atoms with van der Waals surface area (Å²) in [6.45, 7) is 0.794. The number of carbonyl (C=O) groups excluding carboxylic acids is 1. The molecule has 4 nitrogen and oxygen atoms in total. The Morgan fingerprint density at radius 1 is 1.44 bits per heavy atom. The lowest BCUT2D eigenvalue weighted by molar-refractivity contribution is -0.118. The fourth-order valence-electron chi connectivity index (χ4n) is 1.92. The van der Waals surface area contributed by atoms with Crippen LogP contribution in [0.5, 0.6) is 0 Å². The Bertz CT molecular complexity index is 632. The number of nitrogens with two attached hydrogens (primary N) is 1. The summed E-state index contributed by atoms with van der Waals surface area (Å²) in [6, 6.07) is 6.01. The molecule has 0 spiro atoms. The van der Waals surface area contributed by atoms with Crippen molar-refractivity contribution in [3.8, 4) is 0 Å². The number of primary amides is 1. The minimum Gasteiger partial charge on any atom is -0.370 e. The highest BCUT2D eigenvalue weighted by atomic mass is 79.9. The largest absolute Gasteiger partial charge is 0.370 e. The summed E-state index contributed by atoms with van der Waals surface area (Å²) >= 11 is 8.75. The second-order valence-electron chi connectivity index (χ2n) is 4.17. The van der Waals surface area contributed by atoms with Crippen LogP contribution >= 0.6 is 28.1 Å². The van der Waals surface area contributed by atoms with E-state index in [0.29, 0.717) is 11.2 Å². The Morgan fingerprint density at radius 3 is 2.94 bits per heavy atom. The number of H-pyrrole nitrogens is 1. The van der Waals surface area contributed by atoms with Crippen LogP contribution in [-0.2, 0) is 11.3 Å². The number of nitrogens with zero attached hydrogens (tertiary/aromatic N) is 1. The molecule has 0 saturated carbocycles. The quantitative estimate of drug-likeness (QED) is 0.654. The monoisotopic (exact) mass is 327 g/mol. The van der Waals surface area contributed by atoms with Crippen molar-refractivity contribution in [2.45, 2.75) is 25.8 Å². The van der Waals surface area contributed by atoms with Crippen LogP contribution in [0.4, 0.5) is 0 Å². The number of imidazole rings is 1. The van der Waals surface area contributed by atoms with Crippen LogP contribution < -0.4 is 5.73 Å². The molecule has 2 aromatic rings. The molecule has 0 aliphatic rings. The van der Waals surface area contributed by atoms with Crippen molar-refractivity contribution in [1.82, 2.24) is 9.55 Å². The van der Waals surface area contributed by atoms with E-state index in [0.717, 1.165) is 34.9 Å². The zero-order chi connectivity index (χ0) is 13.1. The molecule has 0 aliphatic heterocycles. The zero-order valence-corrected chi connectivity index (χ0v) is 12.2. The minimum absolute atomic E-state index is 0.250. The number of halogens is 1. The molecule has 1 aromatic heterocycles. The number of benzene rings is 1. The first-order valence-corrected chi connectivity index (χ1v) is 6.94. The third-order valence-corrected chi connectivity index (χ3v) is 3.61. The molecular weight excluding hydrogens is 314 g/mol. The number of hydrogen-bond acceptors (Lipinski definition) is 2. The molecule has 0 aliphatic carbocycles. The lowest BCUT2D eigenvalue weighted by Crippen LogP contribution is -2.10. The first kappa shape index (κ1) is 13.3. The second-order valence-corrected chi connectivity index (χ2v) is 5.47. The second kappa shape index (κ2) is 5.67. The van der Waals surface area contributed by atoms with Crippen LogP contribution in [0.15, 0.2) is 22.7 Å². The van der Waals surface area contributed by atoms with Crippen LogP contribution in [-0.4, -0.2) is 15.5 Å². The van der Waals surface area contributed by atoms with E-state index < -0.39 is 0 Å². The Kier molecular flexibility index (Phi) is 4.19. The molecule has 1 heterocycles. The van der Waals surface area contributed by atoms with E-state index in [9.17, 15) is 4.79 Å². The topological polar surface area (TPSA) is 63.8 Å². The highest BCUT2D eigenvalue weighted by Gasteiger charge is 2.05. The molecule has 0 radical (unpaired) electrons. The Labute approximate surface area is 118 Å². The summed E-state index contributed by atoms with van der Waals surface area (Å²) in [6.07, 6.45) is 2.11. The molecule has 0 saturated heterocycles. The Hall–Kier alpha value is -1.14. The van der Waals surface area contributed by atoms with Crippen molar-refractivity contribution in [3.63, 3.8) is 0 Å². The average Bonchev–Trinajstić information content (AvgIpc) is 2.60. The van der Waals surface area contributed by atoms with Gasteiger partial charge in [-0.2, -0.15) is 0 Å². The van der Waals surface area contributed by atoms with Gasteiger partial charge in [-0.1, -0.05) is 15.9 Å². The number of hydrogen-bond donors (Lipinski definition) is 2. The minimum atomic E-state index is -0.250. The summed E-state index contributed by atoms with van der Waals surface area (Å²) in [4.78, 5) is 13.8. The maximum Gasteiger partial charge on any atom is 0.217 e. The van der Waals surface area contributed by atoms with Crippen LogP contribution in [0.25, 0.3) is 11.0 Å². The lowest BCUT2D eigenvalue weighted by Gasteiger charge is -2.04. The fraction of sp³-hybridized carbons (Fsp3) is 0.333. The van der Waals surface area contributed by atoms with Gasteiger partial charge in [0.1, 0.15) is 0 Å². The van der Waals surface area contributed by atoms with Crippen LogP contribution in [0.1, 0.15) is 19.3 Å². The predicted octanol–water partition coefficient (Wildman–Crippen LogP) is 3.12. The maximum atomic E-state index is 10.7. The van der Waals surface area contributed by atoms with Gasteiger partial charge in [0.25, 0.3) is 0 Å². The van der Waals surface area contributed by atoms with Gasteiger partial charge in [-0.3, -0.25) is 4.79 Å². The molecule has 0 fully saturated rings. The average molecular weight is 328 g/mol. The highest BCUT2D eigenvalue weighted by molar-refractivity contribution is 9.10. The van der Waals surface area contributed by atoms with Gasteiger partial charge in [-0.05, 0) is 43.3 Å². The van der Waals surface area contributed by atoms with E-state index in [2.05, 4.69) is 25.5 Å². The Morgan fingerprint density at radius 2 is 2.22 bits per heavy atom. The normalized spacial score (nSPS) is 10.9. The smallest absolute Gasteiger partial charge is 0.217 e. The Balaban J connectivity index is 2.17. The summed E-state index contributed by atoms with van der Waals surface area (Å²) in [5, 5.41) is 0. The number of aromatic amines is 1. The molecule has 6 heteroatoms. The van der Waals surface area contributed by atoms with E-state index in [4.69, 9.17) is 18.0 Å². The summed E-state index contributed by atoms with van der Waals surface area (Å²) in [5.74, 6) is -0.250. The van der Waals surface area contributed by atoms with E-state index in [-0.39, 0.29) is 5.91 Å². The highest BCUT2D eigenvalue weighted by Crippen LogP contribution is 2.20.